The Bertz CT molecular complexity index is 569. The molecule has 126 valence electrons. The first kappa shape index (κ1) is 15.7. The molecule has 4 bridgehead atoms. The molecule has 0 aromatic carbocycles. The van der Waals surface area contributed by atoms with Crippen LogP contribution in [0.2, 0.25) is 0 Å². The molecule has 0 saturated heterocycles. The second kappa shape index (κ2) is 5.61. The highest BCUT2D eigenvalue weighted by Gasteiger charge is 2.54. The predicted octanol–water partition coefficient (Wildman–Crippen LogP) is 3.91. The van der Waals surface area contributed by atoms with Crippen molar-refractivity contribution in [3.63, 3.8) is 0 Å². The zero-order valence-corrected chi connectivity index (χ0v) is 15.6. The van der Waals surface area contributed by atoms with Gasteiger partial charge in [-0.15, -0.1) is 0 Å². The van der Waals surface area contributed by atoms with Crippen LogP contribution >= 0.6 is 15.9 Å². The number of nitrogens with zero attached hydrogens (tertiary/aromatic N) is 2. The number of carbonyl (C=O) groups is 1. The molecule has 23 heavy (non-hydrogen) atoms. The van der Waals surface area contributed by atoms with E-state index in [1.165, 1.54) is 38.5 Å². The van der Waals surface area contributed by atoms with Crippen LogP contribution in [0, 0.1) is 23.2 Å². The van der Waals surface area contributed by atoms with Crippen LogP contribution in [0.15, 0.2) is 10.7 Å². The molecular formula is C18H26BrN3O. The average molecular weight is 380 g/mol. The van der Waals surface area contributed by atoms with Gasteiger partial charge in [0.25, 0.3) is 5.91 Å². The van der Waals surface area contributed by atoms with Crippen molar-refractivity contribution >= 4 is 21.8 Å². The van der Waals surface area contributed by atoms with Crippen molar-refractivity contribution in [1.82, 2.24) is 15.1 Å². The molecule has 0 radical (unpaired) electrons. The molecule has 1 N–H and O–H groups in total. The lowest BCUT2D eigenvalue weighted by Crippen LogP contribution is -2.56. The Kier molecular flexibility index (Phi) is 3.82. The van der Waals surface area contributed by atoms with Gasteiger partial charge in [0, 0.05) is 13.1 Å². The summed E-state index contributed by atoms with van der Waals surface area (Å²) in [5, 5.41) is 7.55. The molecule has 0 aliphatic heterocycles. The van der Waals surface area contributed by atoms with Gasteiger partial charge in [0.1, 0.15) is 5.69 Å². The van der Waals surface area contributed by atoms with Crippen LogP contribution in [0.1, 0.15) is 62.4 Å². The van der Waals surface area contributed by atoms with Crippen LogP contribution in [0.25, 0.3) is 0 Å². The van der Waals surface area contributed by atoms with Crippen molar-refractivity contribution in [2.45, 2.75) is 57.9 Å². The van der Waals surface area contributed by atoms with Gasteiger partial charge >= 0.3 is 0 Å². The predicted molar refractivity (Wildman–Crippen MR) is 93.1 cm³/mol. The first-order chi connectivity index (χ1) is 11.0. The summed E-state index contributed by atoms with van der Waals surface area (Å²) in [4.78, 5) is 12.8. The van der Waals surface area contributed by atoms with Crippen LogP contribution < -0.4 is 5.32 Å². The molecule has 4 nitrogen and oxygen atoms in total. The third kappa shape index (κ3) is 2.55. The van der Waals surface area contributed by atoms with E-state index in [1.54, 1.807) is 10.9 Å². The quantitative estimate of drug-likeness (QED) is 0.861. The van der Waals surface area contributed by atoms with Gasteiger partial charge in [-0.3, -0.25) is 9.48 Å². The van der Waals surface area contributed by atoms with Crippen LogP contribution in [-0.2, 0) is 7.05 Å². The van der Waals surface area contributed by atoms with Crippen molar-refractivity contribution in [2.75, 3.05) is 0 Å². The smallest absolute Gasteiger partial charge is 0.270 e. The van der Waals surface area contributed by atoms with Gasteiger partial charge < -0.3 is 5.32 Å². The Morgan fingerprint density at radius 2 is 1.91 bits per heavy atom. The number of hydrogen-bond acceptors (Lipinski definition) is 2. The van der Waals surface area contributed by atoms with Crippen LogP contribution in [0.5, 0.6) is 0 Å². The third-order valence-corrected chi connectivity index (χ3v) is 7.23. The number of aromatic nitrogens is 2. The summed E-state index contributed by atoms with van der Waals surface area (Å²) in [6.45, 7) is 2.22. The number of halogens is 1. The fraction of sp³-hybridized carbons (Fsp3) is 0.778. The standard InChI is InChI=1S/C18H26BrN3O/c1-3-15(21-17(23)16-14(19)10-20-22(16)2)18-7-11-4-12(8-18)6-13(5-11)9-18/h10-13,15H,3-9H2,1-2H3,(H,21,23). The first-order valence-electron chi connectivity index (χ1n) is 8.99. The van der Waals surface area contributed by atoms with Gasteiger partial charge in [-0.1, -0.05) is 6.92 Å². The summed E-state index contributed by atoms with van der Waals surface area (Å²) in [6, 6.07) is 0.296. The molecule has 5 heteroatoms. The summed E-state index contributed by atoms with van der Waals surface area (Å²) >= 11 is 3.45. The molecule has 4 aliphatic rings. The topological polar surface area (TPSA) is 46.9 Å². The summed E-state index contributed by atoms with van der Waals surface area (Å²) in [6.07, 6.45) is 11.0. The lowest BCUT2D eigenvalue weighted by Gasteiger charge is -2.59. The number of rotatable bonds is 4. The fourth-order valence-electron chi connectivity index (χ4n) is 6.19. The molecule has 1 heterocycles. The summed E-state index contributed by atoms with van der Waals surface area (Å²) in [7, 11) is 1.82. The molecule has 0 spiro atoms. The van der Waals surface area contributed by atoms with Gasteiger partial charge in [-0.25, -0.2) is 0 Å². The maximum absolute atomic E-state index is 12.8. The molecule has 4 aliphatic carbocycles. The Morgan fingerprint density at radius 1 is 1.35 bits per heavy atom. The highest BCUT2D eigenvalue weighted by Crippen LogP contribution is 2.61. The van der Waals surface area contributed by atoms with Crippen LogP contribution in [0.4, 0.5) is 0 Å². The Balaban J connectivity index is 1.56. The maximum Gasteiger partial charge on any atom is 0.270 e. The SMILES string of the molecule is CCC(NC(=O)c1c(Br)cnn1C)C12CC3CC(CC(C3)C1)C2. The van der Waals surface area contributed by atoms with E-state index in [4.69, 9.17) is 0 Å². The third-order valence-electron chi connectivity index (χ3n) is 6.65. The van der Waals surface area contributed by atoms with Gasteiger partial charge in [0.05, 0.1) is 10.7 Å². The largest absolute Gasteiger partial charge is 0.347 e. The number of nitrogens with one attached hydrogen (secondary N) is 1. The Morgan fingerprint density at radius 3 is 2.35 bits per heavy atom. The fourth-order valence-corrected chi connectivity index (χ4v) is 6.71. The zero-order valence-electron chi connectivity index (χ0n) is 14.0. The molecular weight excluding hydrogens is 354 g/mol. The van der Waals surface area contributed by atoms with E-state index in [0.717, 1.165) is 28.6 Å². The van der Waals surface area contributed by atoms with E-state index < -0.39 is 0 Å². The minimum Gasteiger partial charge on any atom is -0.347 e. The Hall–Kier alpha value is -0.840. The highest BCUT2D eigenvalue weighted by molar-refractivity contribution is 9.10. The van der Waals surface area contributed by atoms with Gasteiger partial charge in [-0.05, 0) is 84.0 Å². The van der Waals surface area contributed by atoms with E-state index >= 15 is 0 Å². The zero-order chi connectivity index (χ0) is 16.2. The summed E-state index contributed by atoms with van der Waals surface area (Å²) < 4.78 is 2.43. The first-order valence-corrected chi connectivity index (χ1v) is 9.78. The minimum atomic E-state index is 0.0134. The lowest BCUT2D eigenvalue weighted by atomic mass is 9.47. The van der Waals surface area contributed by atoms with E-state index in [2.05, 4.69) is 33.3 Å². The van der Waals surface area contributed by atoms with Crippen molar-refractivity contribution in [1.29, 1.82) is 0 Å². The van der Waals surface area contributed by atoms with Crippen LogP contribution in [0.3, 0.4) is 0 Å². The molecule has 1 aromatic heterocycles. The second-order valence-electron chi connectivity index (χ2n) is 8.18. The van der Waals surface area contributed by atoms with Gasteiger partial charge in [0.15, 0.2) is 0 Å². The molecule has 4 saturated carbocycles. The summed E-state index contributed by atoms with van der Waals surface area (Å²) in [5.41, 5.74) is 0.984. The second-order valence-corrected chi connectivity index (χ2v) is 9.03. The van der Waals surface area contributed by atoms with E-state index in [0.29, 0.717) is 17.2 Å². The Labute approximate surface area is 146 Å². The lowest BCUT2D eigenvalue weighted by molar-refractivity contribution is -0.0727. The monoisotopic (exact) mass is 379 g/mol. The van der Waals surface area contributed by atoms with Gasteiger partial charge in [0.2, 0.25) is 0 Å². The van der Waals surface area contributed by atoms with Crippen LogP contribution in [-0.4, -0.2) is 21.7 Å². The molecule has 1 unspecified atom stereocenters. The molecule has 5 rings (SSSR count). The molecule has 1 amide bonds. The normalized spacial score (nSPS) is 36.2. The van der Waals surface area contributed by atoms with Crippen molar-refractivity contribution in [2.24, 2.45) is 30.2 Å². The summed E-state index contributed by atoms with van der Waals surface area (Å²) in [5.74, 6) is 2.75. The number of carbonyl (C=O) groups excluding carboxylic acids is 1. The minimum absolute atomic E-state index is 0.0134. The number of hydrogen-bond donors (Lipinski definition) is 1. The van der Waals surface area contributed by atoms with Gasteiger partial charge in [-0.2, -0.15) is 5.10 Å². The van der Waals surface area contributed by atoms with Crippen molar-refractivity contribution < 1.29 is 4.79 Å². The molecule has 4 fully saturated rings. The molecule has 1 atom stereocenters. The van der Waals surface area contributed by atoms with E-state index in [1.807, 2.05) is 7.05 Å². The van der Waals surface area contributed by atoms with E-state index in [9.17, 15) is 4.79 Å². The number of amides is 1. The van der Waals surface area contributed by atoms with Crippen molar-refractivity contribution in [3.8, 4) is 0 Å². The van der Waals surface area contributed by atoms with E-state index in [-0.39, 0.29) is 5.91 Å². The number of aryl methyl sites for hydroxylation is 1. The maximum atomic E-state index is 12.8. The van der Waals surface area contributed by atoms with Crippen molar-refractivity contribution in [3.05, 3.63) is 16.4 Å². The highest BCUT2D eigenvalue weighted by atomic mass is 79.9. The molecule has 1 aromatic rings. The average Bonchev–Trinajstić information content (AvgIpc) is 2.82.